The summed E-state index contributed by atoms with van der Waals surface area (Å²) < 4.78 is 38.3. The molecular weight excluding hydrogens is 595 g/mol. The minimum Gasteiger partial charge on any atom is -0.476 e. The van der Waals surface area contributed by atoms with E-state index in [4.69, 9.17) is 35.5 Å². The number of thiophene rings is 1. The van der Waals surface area contributed by atoms with Crippen LogP contribution >= 0.6 is 22.9 Å². The molecule has 1 saturated heterocycles. The van der Waals surface area contributed by atoms with Crippen LogP contribution in [0.4, 0.5) is 14.2 Å². The van der Waals surface area contributed by atoms with Crippen LogP contribution in [0.5, 0.6) is 5.88 Å². The van der Waals surface area contributed by atoms with Gasteiger partial charge in [-0.1, -0.05) is 17.7 Å². The summed E-state index contributed by atoms with van der Waals surface area (Å²) in [5, 5.41) is 14.6. The van der Waals surface area contributed by atoms with Crippen molar-refractivity contribution < 1.29 is 28.1 Å². The van der Waals surface area contributed by atoms with Gasteiger partial charge in [-0.3, -0.25) is 10.2 Å². The monoisotopic (exact) mass is 624 g/mol. The topological polar surface area (TPSA) is 106 Å². The Balaban J connectivity index is 1.47. The molecule has 0 spiro atoms. The zero-order valence-electron chi connectivity index (χ0n) is 24.2. The number of likely N-dealkylation sites (N-methyl/N-ethyl adjacent to an activating group) is 1. The second-order valence-corrected chi connectivity index (χ2v) is 12.9. The highest BCUT2D eigenvalue weighted by Crippen LogP contribution is 2.48. The zero-order valence-corrected chi connectivity index (χ0v) is 25.7. The summed E-state index contributed by atoms with van der Waals surface area (Å²) in [7, 11) is 2.04. The standard InChI is InChI=1S/C31H30ClFN4O5S/c1-31(2,3)42-30(38)36-29-19(11-34)25-18(5-7-22(33)28(25)43-29)24-21-15-40-14-20(21)17-6-8-23(35-27(17)26(24)32)41-13-16-12-39-10-9-37(16)4/h5-8,16H,9-10,12-15H2,1-4H3,(H,36,38)/t16-/m0/s1. The van der Waals surface area contributed by atoms with E-state index in [1.165, 1.54) is 6.07 Å². The van der Waals surface area contributed by atoms with Crippen molar-refractivity contribution in [1.29, 1.82) is 5.26 Å². The van der Waals surface area contributed by atoms with Crippen molar-refractivity contribution in [3.8, 4) is 23.1 Å². The smallest absolute Gasteiger partial charge is 0.412 e. The van der Waals surface area contributed by atoms with E-state index < -0.39 is 17.5 Å². The Morgan fingerprint density at radius 1 is 1.26 bits per heavy atom. The number of aromatic nitrogens is 1. The molecule has 0 radical (unpaired) electrons. The van der Waals surface area contributed by atoms with Crippen molar-refractivity contribution in [2.75, 3.05) is 38.7 Å². The predicted molar refractivity (Wildman–Crippen MR) is 163 cm³/mol. The van der Waals surface area contributed by atoms with Gasteiger partial charge in [0.15, 0.2) is 0 Å². The highest BCUT2D eigenvalue weighted by molar-refractivity contribution is 7.23. The normalized spacial score (nSPS) is 17.2. The average Bonchev–Trinajstić information content (AvgIpc) is 3.58. The molecule has 6 rings (SSSR count). The maximum Gasteiger partial charge on any atom is 0.412 e. The third-order valence-corrected chi connectivity index (χ3v) is 8.99. The predicted octanol–water partition coefficient (Wildman–Crippen LogP) is 6.87. The number of hydrogen-bond donors (Lipinski definition) is 1. The van der Waals surface area contributed by atoms with Gasteiger partial charge in [0, 0.05) is 28.9 Å². The Hall–Kier alpha value is -3.53. The summed E-state index contributed by atoms with van der Waals surface area (Å²) in [6.45, 7) is 8.35. The third-order valence-electron chi connectivity index (χ3n) is 7.51. The van der Waals surface area contributed by atoms with Crippen LogP contribution in [-0.4, -0.2) is 61.0 Å². The molecule has 43 heavy (non-hydrogen) atoms. The van der Waals surface area contributed by atoms with E-state index in [0.717, 1.165) is 34.4 Å². The van der Waals surface area contributed by atoms with Gasteiger partial charge in [-0.05, 0) is 56.6 Å². The Kier molecular flexibility index (Phi) is 7.91. The van der Waals surface area contributed by atoms with Gasteiger partial charge in [0.25, 0.3) is 0 Å². The summed E-state index contributed by atoms with van der Waals surface area (Å²) in [6, 6.07) is 8.95. The first-order valence-corrected chi connectivity index (χ1v) is 15.0. The van der Waals surface area contributed by atoms with Gasteiger partial charge in [0.05, 0.1) is 53.3 Å². The lowest BCUT2D eigenvalue weighted by Crippen LogP contribution is -2.46. The van der Waals surface area contributed by atoms with Crippen LogP contribution in [0.3, 0.4) is 0 Å². The fourth-order valence-electron chi connectivity index (χ4n) is 5.42. The maximum absolute atomic E-state index is 15.2. The number of carbonyl (C=O) groups is 1. The summed E-state index contributed by atoms with van der Waals surface area (Å²) >= 11 is 8.11. The molecule has 12 heteroatoms. The summed E-state index contributed by atoms with van der Waals surface area (Å²) in [5.41, 5.74) is 2.81. The molecule has 1 atom stereocenters. The largest absolute Gasteiger partial charge is 0.476 e. The first kappa shape index (κ1) is 29.5. The average molecular weight is 625 g/mol. The van der Waals surface area contributed by atoms with Gasteiger partial charge in [0.2, 0.25) is 5.88 Å². The quantitative estimate of drug-likeness (QED) is 0.257. The lowest BCUT2D eigenvalue weighted by molar-refractivity contribution is -0.0113. The lowest BCUT2D eigenvalue weighted by Gasteiger charge is -2.31. The minimum absolute atomic E-state index is 0.102. The van der Waals surface area contributed by atoms with Crippen molar-refractivity contribution in [3.05, 3.63) is 51.8 Å². The number of ether oxygens (including phenoxy) is 4. The van der Waals surface area contributed by atoms with Gasteiger partial charge >= 0.3 is 6.09 Å². The second-order valence-electron chi connectivity index (χ2n) is 11.5. The number of fused-ring (bicyclic) bond motifs is 4. The van der Waals surface area contributed by atoms with Gasteiger partial charge in [-0.25, -0.2) is 14.2 Å². The number of halogens is 2. The molecule has 1 amide bonds. The Morgan fingerprint density at radius 2 is 2.05 bits per heavy atom. The van der Waals surface area contributed by atoms with Crippen LogP contribution in [0.25, 0.3) is 32.1 Å². The molecule has 1 fully saturated rings. The fraction of sp³-hybridized carbons (Fsp3) is 0.387. The Bertz CT molecular complexity index is 1800. The third kappa shape index (κ3) is 5.61. The number of pyridine rings is 1. The van der Waals surface area contributed by atoms with E-state index in [0.29, 0.717) is 66.0 Å². The van der Waals surface area contributed by atoms with Crippen LogP contribution in [0.1, 0.15) is 37.5 Å². The first-order valence-electron chi connectivity index (χ1n) is 13.8. The number of morpholine rings is 1. The van der Waals surface area contributed by atoms with Crippen molar-refractivity contribution in [3.63, 3.8) is 0 Å². The fourth-order valence-corrected chi connectivity index (χ4v) is 6.85. The van der Waals surface area contributed by atoms with Gasteiger partial charge in [-0.15, -0.1) is 11.3 Å². The van der Waals surface area contributed by atoms with Crippen LogP contribution in [0.15, 0.2) is 24.3 Å². The summed E-state index contributed by atoms with van der Waals surface area (Å²) in [5.74, 6) is -0.104. The number of nitrogens with zero attached hydrogens (tertiary/aromatic N) is 3. The number of carbonyl (C=O) groups excluding carboxylic acids is 1. The number of anilines is 1. The van der Waals surface area contributed by atoms with Gasteiger partial charge < -0.3 is 18.9 Å². The van der Waals surface area contributed by atoms with Gasteiger partial charge in [0.1, 0.15) is 29.1 Å². The molecular formula is C31H30ClFN4O5S. The number of rotatable bonds is 5. The van der Waals surface area contributed by atoms with E-state index in [-0.39, 0.29) is 21.3 Å². The number of hydrogen-bond acceptors (Lipinski definition) is 9. The van der Waals surface area contributed by atoms with Crippen LogP contribution in [-0.2, 0) is 27.4 Å². The molecule has 0 bridgehead atoms. The van der Waals surface area contributed by atoms with E-state index in [2.05, 4.69) is 16.3 Å². The molecule has 2 aliphatic heterocycles. The van der Waals surface area contributed by atoms with Gasteiger partial charge in [-0.2, -0.15) is 5.26 Å². The van der Waals surface area contributed by atoms with Crippen molar-refractivity contribution in [2.45, 2.75) is 45.6 Å². The maximum atomic E-state index is 15.2. The summed E-state index contributed by atoms with van der Waals surface area (Å²) in [4.78, 5) is 19.6. The SMILES string of the molecule is CN1CCOC[C@H]1COc1ccc2c3c(c(-c4ccc(F)c5sc(NC(=O)OC(C)(C)C)c(C#N)c45)c(Cl)c2n1)COC3. The molecule has 9 nitrogen and oxygen atoms in total. The summed E-state index contributed by atoms with van der Waals surface area (Å²) in [6.07, 6.45) is -0.738. The van der Waals surface area contributed by atoms with E-state index in [9.17, 15) is 10.1 Å². The zero-order chi connectivity index (χ0) is 30.5. The molecule has 4 aromatic rings. The number of benzene rings is 2. The number of nitriles is 1. The van der Waals surface area contributed by atoms with Crippen molar-refractivity contribution in [1.82, 2.24) is 9.88 Å². The van der Waals surface area contributed by atoms with E-state index in [1.54, 1.807) is 26.8 Å². The van der Waals surface area contributed by atoms with E-state index in [1.807, 2.05) is 19.2 Å². The minimum atomic E-state index is -0.751. The second kappa shape index (κ2) is 11.5. The van der Waals surface area contributed by atoms with E-state index >= 15 is 4.39 Å². The Morgan fingerprint density at radius 3 is 2.79 bits per heavy atom. The lowest BCUT2D eigenvalue weighted by atomic mass is 9.91. The number of nitrogens with one attached hydrogen (secondary N) is 1. The Labute approximate surface area is 257 Å². The molecule has 224 valence electrons. The highest BCUT2D eigenvalue weighted by atomic mass is 35.5. The molecule has 1 N–H and O–H groups in total. The van der Waals surface area contributed by atoms with Crippen molar-refractivity contribution in [2.24, 2.45) is 0 Å². The van der Waals surface area contributed by atoms with Crippen LogP contribution < -0.4 is 10.1 Å². The molecule has 2 aromatic heterocycles. The molecule has 2 aromatic carbocycles. The number of amides is 1. The van der Waals surface area contributed by atoms with Crippen LogP contribution in [0.2, 0.25) is 5.02 Å². The molecule has 4 heterocycles. The molecule has 0 saturated carbocycles. The molecule has 2 aliphatic rings. The molecule has 0 aliphatic carbocycles. The first-order chi connectivity index (χ1) is 20.6. The highest BCUT2D eigenvalue weighted by Gasteiger charge is 2.29. The van der Waals surface area contributed by atoms with Crippen molar-refractivity contribution >= 4 is 55.0 Å². The molecule has 0 unspecified atom stereocenters. The van der Waals surface area contributed by atoms with Crippen LogP contribution in [0, 0.1) is 17.1 Å².